The Bertz CT molecular complexity index is 1310. The van der Waals surface area contributed by atoms with Crippen LogP contribution in [0.3, 0.4) is 0 Å². The first-order valence-electron chi connectivity index (χ1n) is 13.8. The van der Waals surface area contributed by atoms with E-state index in [9.17, 15) is 14.7 Å². The minimum Gasteiger partial charge on any atom is -0.422 e. The van der Waals surface area contributed by atoms with E-state index in [0.717, 1.165) is 44.0 Å². The number of aliphatic hydroxyl groups is 1. The van der Waals surface area contributed by atoms with Crippen LogP contribution in [0.1, 0.15) is 51.6 Å². The second-order valence-corrected chi connectivity index (χ2v) is 11.0. The Morgan fingerprint density at radius 2 is 1.60 bits per heavy atom. The fourth-order valence-electron chi connectivity index (χ4n) is 5.40. The van der Waals surface area contributed by atoms with E-state index in [-0.39, 0.29) is 11.5 Å². The molecule has 0 amide bonds. The van der Waals surface area contributed by atoms with Gasteiger partial charge in [-0.3, -0.25) is 14.6 Å². The molecule has 0 bridgehead atoms. The number of ketones is 1. The van der Waals surface area contributed by atoms with Gasteiger partial charge in [0.05, 0.1) is 36.0 Å². The molecule has 1 N–H and O–H groups in total. The maximum absolute atomic E-state index is 13.6. The number of rotatable bonds is 8. The monoisotopic (exact) mass is 562 g/mol. The van der Waals surface area contributed by atoms with Crippen LogP contribution in [-0.2, 0) is 16.9 Å². The lowest BCUT2D eigenvalue weighted by Crippen LogP contribution is -2.48. The normalized spacial score (nSPS) is 18.7. The van der Waals surface area contributed by atoms with Gasteiger partial charge in [0.1, 0.15) is 5.75 Å². The number of ether oxygens (including phenoxy) is 2. The Labute approximate surface area is 240 Å². The number of carbonyl (C=O) groups excluding carboxylic acids is 2. The molecule has 8 heteroatoms. The summed E-state index contributed by atoms with van der Waals surface area (Å²) in [4.78, 5) is 30.9. The molecule has 1 unspecified atom stereocenters. The zero-order chi connectivity index (χ0) is 28.1. The molecule has 2 fully saturated rings. The van der Waals surface area contributed by atoms with E-state index in [2.05, 4.69) is 9.80 Å². The van der Waals surface area contributed by atoms with Crippen molar-refractivity contribution in [2.24, 2.45) is 0 Å². The van der Waals surface area contributed by atoms with Gasteiger partial charge in [-0.2, -0.15) is 0 Å². The summed E-state index contributed by atoms with van der Waals surface area (Å²) in [5.74, 6) is -0.380. The zero-order valence-corrected chi connectivity index (χ0v) is 23.5. The number of benzene rings is 3. The Balaban J connectivity index is 1.21. The van der Waals surface area contributed by atoms with Crippen LogP contribution in [0.4, 0.5) is 0 Å². The van der Waals surface area contributed by atoms with Gasteiger partial charge >= 0.3 is 5.97 Å². The molecule has 2 heterocycles. The number of hydrogen-bond donors (Lipinski definition) is 1. The Kier molecular flexibility index (Phi) is 8.98. The number of carbonyl (C=O) groups is 2. The number of esters is 1. The Hall–Kier alpha value is -3.07. The second kappa shape index (κ2) is 12.6. The molecule has 7 nitrogen and oxygen atoms in total. The molecule has 0 spiro atoms. The average Bonchev–Trinajstić information content (AvgIpc) is 2.98. The molecule has 40 heavy (non-hydrogen) atoms. The van der Waals surface area contributed by atoms with Crippen molar-refractivity contribution in [3.05, 3.63) is 100 Å². The van der Waals surface area contributed by atoms with Gasteiger partial charge in [0, 0.05) is 37.7 Å². The fourth-order valence-corrected chi connectivity index (χ4v) is 5.53. The van der Waals surface area contributed by atoms with Gasteiger partial charge in [-0.15, -0.1) is 0 Å². The first kappa shape index (κ1) is 28.5. The first-order valence-corrected chi connectivity index (χ1v) is 14.2. The lowest BCUT2D eigenvalue weighted by atomic mass is 9.84. The number of Topliss-reactive ketones (excluding diaryl/α,β-unsaturated/α-hetero) is 1. The molecule has 1 atom stereocenters. The van der Waals surface area contributed by atoms with Gasteiger partial charge in [-0.25, -0.2) is 4.79 Å². The highest BCUT2D eigenvalue weighted by molar-refractivity contribution is 6.30. The molecule has 5 rings (SSSR count). The number of halogens is 1. The van der Waals surface area contributed by atoms with Crippen molar-refractivity contribution in [1.82, 2.24) is 9.80 Å². The van der Waals surface area contributed by atoms with Crippen LogP contribution in [0.5, 0.6) is 5.75 Å². The fraction of sp³-hybridized carbons (Fsp3) is 0.375. The molecule has 2 saturated heterocycles. The molecule has 0 aromatic heterocycles. The van der Waals surface area contributed by atoms with Crippen molar-refractivity contribution in [2.45, 2.75) is 38.0 Å². The number of para-hydroxylation sites is 1. The third kappa shape index (κ3) is 6.62. The van der Waals surface area contributed by atoms with Gasteiger partial charge in [0.15, 0.2) is 5.78 Å². The smallest absolute Gasteiger partial charge is 0.343 e. The predicted molar refractivity (Wildman–Crippen MR) is 154 cm³/mol. The summed E-state index contributed by atoms with van der Waals surface area (Å²) >= 11 is 6.01. The summed E-state index contributed by atoms with van der Waals surface area (Å²) in [5.41, 5.74) is 1.80. The summed E-state index contributed by atoms with van der Waals surface area (Å²) in [6.07, 6.45) is 1.01. The van der Waals surface area contributed by atoms with Crippen molar-refractivity contribution in [1.29, 1.82) is 0 Å². The lowest BCUT2D eigenvalue weighted by molar-refractivity contribution is -0.0318. The summed E-state index contributed by atoms with van der Waals surface area (Å²) in [7, 11) is 0. The van der Waals surface area contributed by atoms with Crippen molar-refractivity contribution in [3.63, 3.8) is 0 Å². The molecule has 3 aromatic rings. The van der Waals surface area contributed by atoms with Gasteiger partial charge < -0.3 is 14.6 Å². The van der Waals surface area contributed by atoms with E-state index in [0.29, 0.717) is 42.1 Å². The Morgan fingerprint density at radius 3 is 2.27 bits per heavy atom. The lowest BCUT2D eigenvalue weighted by Gasteiger charge is -2.40. The number of morpholine rings is 1. The molecule has 0 saturated carbocycles. The quantitative estimate of drug-likeness (QED) is 0.236. The van der Waals surface area contributed by atoms with Crippen LogP contribution < -0.4 is 4.74 Å². The Morgan fingerprint density at radius 1 is 0.950 bits per heavy atom. The largest absolute Gasteiger partial charge is 0.422 e. The summed E-state index contributed by atoms with van der Waals surface area (Å²) in [5, 5.41) is 11.8. The van der Waals surface area contributed by atoms with Crippen molar-refractivity contribution < 1.29 is 24.2 Å². The van der Waals surface area contributed by atoms with E-state index >= 15 is 0 Å². The third-order valence-electron chi connectivity index (χ3n) is 7.99. The average molecular weight is 563 g/mol. The van der Waals surface area contributed by atoms with Crippen molar-refractivity contribution in [2.75, 3.05) is 39.4 Å². The number of hydrogen-bond acceptors (Lipinski definition) is 7. The van der Waals surface area contributed by atoms with Gasteiger partial charge in [-0.05, 0) is 67.3 Å². The summed E-state index contributed by atoms with van der Waals surface area (Å²) < 4.78 is 11.1. The molecule has 3 aromatic carbocycles. The molecular weight excluding hydrogens is 528 g/mol. The van der Waals surface area contributed by atoms with E-state index < -0.39 is 17.6 Å². The molecule has 2 aliphatic rings. The zero-order valence-electron chi connectivity index (χ0n) is 22.7. The standard InChI is InChI=1S/C32H35ClN2O5/c1-23(35-16-14-32(38,15-17-35)26-10-12-27(33)13-11-26)30(36)28-4-2-3-5-29(28)40-31(37)25-8-6-24(7-9-25)22-34-18-20-39-21-19-34/h2-13,23,38H,14-22H2,1H3. The minimum atomic E-state index is -0.949. The number of nitrogens with zero attached hydrogens (tertiary/aromatic N) is 2. The van der Waals surface area contributed by atoms with Crippen LogP contribution in [-0.4, -0.2) is 72.1 Å². The van der Waals surface area contributed by atoms with E-state index in [1.807, 2.05) is 31.2 Å². The highest BCUT2D eigenvalue weighted by atomic mass is 35.5. The highest BCUT2D eigenvalue weighted by Gasteiger charge is 2.37. The van der Waals surface area contributed by atoms with Crippen LogP contribution in [0.25, 0.3) is 0 Å². The SMILES string of the molecule is CC(C(=O)c1ccccc1OC(=O)c1ccc(CN2CCOCC2)cc1)N1CCC(O)(c2ccc(Cl)cc2)CC1. The maximum Gasteiger partial charge on any atom is 0.343 e. The first-order chi connectivity index (χ1) is 19.3. The van der Waals surface area contributed by atoms with Gasteiger partial charge in [0.25, 0.3) is 0 Å². The van der Waals surface area contributed by atoms with Crippen LogP contribution in [0, 0.1) is 0 Å². The number of likely N-dealkylation sites (tertiary alicyclic amines) is 1. The van der Waals surface area contributed by atoms with Crippen molar-refractivity contribution >= 4 is 23.4 Å². The van der Waals surface area contributed by atoms with E-state index in [1.165, 1.54) is 0 Å². The minimum absolute atomic E-state index is 0.124. The van der Waals surface area contributed by atoms with Gasteiger partial charge in [-0.1, -0.05) is 48.0 Å². The van der Waals surface area contributed by atoms with Crippen LogP contribution >= 0.6 is 11.6 Å². The van der Waals surface area contributed by atoms with Crippen molar-refractivity contribution in [3.8, 4) is 5.75 Å². The number of piperidine rings is 1. The predicted octanol–water partition coefficient (Wildman–Crippen LogP) is 4.95. The van der Waals surface area contributed by atoms with Crippen LogP contribution in [0.2, 0.25) is 5.02 Å². The van der Waals surface area contributed by atoms with Gasteiger partial charge in [0.2, 0.25) is 0 Å². The third-order valence-corrected chi connectivity index (χ3v) is 8.24. The molecule has 0 aliphatic carbocycles. The molecule has 0 radical (unpaired) electrons. The highest BCUT2D eigenvalue weighted by Crippen LogP contribution is 2.34. The second-order valence-electron chi connectivity index (χ2n) is 10.6. The molecule has 2 aliphatic heterocycles. The maximum atomic E-state index is 13.6. The molecule has 210 valence electrons. The molecular formula is C32H35ClN2O5. The van der Waals surface area contributed by atoms with E-state index in [4.69, 9.17) is 21.1 Å². The van der Waals surface area contributed by atoms with Crippen LogP contribution in [0.15, 0.2) is 72.8 Å². The topological polar surface area (TPSA) is 79.3 Å². The summed E-state index contributed by atoms with van der Waals surface area (Å²) in [6.45, 7) is 7.06. The van der Waals surface area contributed by atoms with E-state index in [1.54, 1.807) is 48.5 Å². The summed E-state index contributed by atoms with van der Waals surface area (Å²) in [6, 6.07) is 21.1.